The lowest BCUT2D eigenvalue weighted by atomic mass is 10.1. The minimum atomic E-state index is 0.429. The van der Waals surface area contributed by atoms with Crippen LogP contribution >= 0.6 is 27.5 Å². The maximum atomic E-state index is 8.84. The summed E-state index contributed by atoms with van der Waals surface area (Å²) in [6.45, 7) is 0.429. The zero-order valence-electron chi connectivity index (χ0n) is 10.1. The average molecular weight is 337 g/mol. The molecule has 0 saturated heterocycles. The summed E-state index contributed by atoms with van der Waals surface area (Å²) in [5, 5.41) is 8.84. The van der Waals surface area contributed by atoms with E-state index in [0.717, 1.165) is 21.3 Å². The molecule has 0 unspecified atom stereocenters. The lowest BCUT2D eigenvalue weighted by Gasteiger charge is -2.08. The van der Waals surface area contributed by atoms with Crippen LogP contribution in [0.3, 0.4) is 0 Å². The normalized spacial score (nSPS) is 9.95. The molecule has 0 radical (unpaired) electrons. The lowest BCUT2D eigenvalue weighted by Crippen LogP contribution is -1.96. The van der Waals surface area contributed by atoms with Crippen LogP contribution in [-0.4, -0.2) is 0 Å². The summed E-state index contributed by atoms with van der Waals surface area (Å²) in [4.78, 5) is 0. The minimum absolute atomic E-state index is 0.429. The Balaban J connectivity index is 2.08. The Labute approximate surface area is 125 Å². The number of nitrogens with zero attached hydrogens (tertiary/aromatic N) is 1. The van der Waals surface area contributed by atoms with Crippen molar-refractivity contribution in [3.63, 3.8) is 0 Å². The van der Waals surface area contributed by atoms with Crippen LogP contribution in [0.1, 0.15) is 16.7 Å². The van der Waals surface area contributed by atoms with Crippen LogP contribution < -0.4 is 4.74 Å². The molecule has 0 saturated carbocycles. The Bertz CT molecular complexity index is 622. The van der Waals surface area contributed by atoms with Gasteiger partial charge in [0.25, 0.3) is 0 Å². The number of nitriles is 1. The third-order valence-electron chi connectivity index (χ3n) is 2.62. The molecule has 0 aliphatic heterocycles. The first-order valence-corrected chi connectivity index (χ1v) is 7.02. The number of ether oxygens (including phenoxy) is 1. The van der Waals surface area contributed by atoms with E-state index in [9.17, 15) is 0 Å². The van der Waals surface area contributed by atoms with E-state index in [2.05, 4.69) is 22.0 Å². The van der Waals surface area contributed by atoms with E-state index < -0.39 is 0 Å². The monoisotopic (exact) mass is 335 g/mol. The number of rotatable bonds is 4. The number of benzene rings is 2. The molecular weight excluding hydrogens is 326 g/mol. The average Bonchev–Trinajstić information content (AvgIpc) is 2.46. The van der Waals surface area contributed by atoms with Gasteiger partial charge >= 0.3 is 0 Å². The minimum Gasteiger partial charge on any atom is -0.489 e. The fraction of sp³-hybridized carbons (Fsp3) is 0.133. The fourth-order valence-electron chi connectivity index (χ4n) is 1.64. The van der Waals surface area contributed by atoms with Crippen molar-refractivity contribution < 1.29 is 4.74 Å². The van der Waals surface area contributed by atoms with Crippen molar-refractivity contribution in [3.8, 4) is 11.8 Å². The molecule has 4 heteroatoms. The highest BCUT2D eigenvalue weighted by molar-refractivity contribution is 9.10. The molecule has 0 atom stereocenters. The van der Waals surface area contributed by atoms with Gasteiger partial charge in [-0.25, -0.2) is 0 Å². The second-order valence-corrected chi connectivity index (χ2v) is 5.11. The molecule has 0 amide bonds. The van der Waals surface area contributed by atoms with Gasteiger partial charge in [-0.3, -0.25) is 0 Å². The van der Waals surface area contributed by atoms with Gasteiger partial charge in [0, 0.05) is 10.4 Å². The van der Waals surface area contributed by atoms with Crippen LogP contribution in [0.15, 0.2) is 46.9 Å². The topological polar surface area (TPSA) is 33.0 Å². The summed E-state index contributed by atoms with van der Waals surface area (Å²) in [5.74, 6) is 1.20. The SMILES string of the molecule is N#Cc1cccc(COc2ccc(Br)c(CCl)c2)c1. The summed E-state index contributed by atoms with van der Waals surface area (Å²) in [5.41, 5.74) is 2.60. The number of hydrogen-bond acceptors (Lipinski definition) is 2. The van der Waals surface area contributed by atoms with E-state index in [0.29, 0.717) is 18.1 Å². The van der Waals surface area contributed by atoms with Gasteiger partial charge in [-0.15, -0.1) is 11.6 Å². The Hall–Kier alpha value is -1.50. The molecule has 0 aromatic heterocycles. The second-order valence-electron chi connectivity index (χ2n) is 3.99. The predicted octanol–water partition coefficient (Wildman–Crippen LogP) is 4.64. The number of alkyl halides is 1. The fourth-order valence-corrected chi connectivity index (χ4v) is 2.41. The van der Waals surface area contributed by atoms with Gasteiger partial charge in [0.15, 0.2) is 0 Å². The zero-order chi connectivity index (χ0) is 13.7. The van der Waals surface area contributed by atoms with Crippen LogP contribution in [0, 0.1) is 11.3 Å². The predicted molar refractivity (Wildman–Crippen MR) is 79.2 cm³/mol. The van der Waals surface area contributed by atoms with Gasteiger partial charge in [0.2, 0.25) is 0 Å². The number of halogens is 2. The quantitative estimate of drug-likeness (QED) is 0.762. The van der Waals surface area contributed by atoms with Crippen LogP contribution in [0.2, 0.25) is 0 Å². The van der Waals surface area contributed by atoms with E-state index >= 15 is 0 Å². The van der Waals surface area contributed by atoms with Gasteiger partial charge in [-0.05, 0) is 41.5 Å². The van der Waals surface area contributed by atoms with E-state index in [1.54, 1.807) is 6.07 Å². The number of hydrogen-bond donors (Lipinski definition) is 0. The van der Waals surface area contributed by atoms with Crippen molar-refractivity contribution in [3.05, 3.63) is 63.6 Å². The molecule has 2 aromatic rings. The molecular formula is C15H11BrClNO. The molecule has 19 heavy (non-hydrogen) atoms. The van der Waals surface area contributed by atoms with Gasteiger partial charge in [-0.1, -0.05) is 28.1 Å². The Morgan fingerprint density at radius 2 is 2.05 bits per heavy atom. The maximum absolute atomic E-state index is 8.84. The molecule has 0 aliphatic rings. The molecule has 0 N–H and O–H groups in total. The molecule has 96 valence electrons. The Morgan fingerprint density at radius 3 is 2.79 bits per heavy atom. The van der Waals surface area contributed by atoms with Gasteiger partial charge in [0.1, 0.15) is 12.4 Å². The van der Waals surface area contributed by atoms with Crippen molar-refractivity contribution in [2.24, 2.45) is 0 Å². The van der Waals surface area contributed by atoms with Crippen molar-refractivity contribution in [2.45, 2.75) is 12.5 Å². The third kappa shape index (κ3) is 3.73. The lowest BCUT2D eigenvalue weighted by molar-refractivity contribution is 0.306. The first-order valence-electron chi connectivity index (χ1n) is 5.69. The summed E-state index contributed by atoms with van der Waals surface area (Å²) in [6.07, 6.45) is 0. The molecule has 0 spiro atoms. The van der Waals surface area contributed by atoms with Crippen LogP contribution in [-0.2, 0) is 12.5 Å². The molecule has 2 aromatic carbocycles. The standard InChI is InChI=1S/C15H11BrClNO/c16-15-5-4-14(7-13(15)8-17)19-10-12-3-1-2-11(6-12)9-18/h1-7H,8,10H2. The maximum Gasteiger partial charge on any atom is 0.120 e. The van der Waals surface area contributed by atoms with Crippen molar-refractivity contribution >= 4 is 27.5 Å². The highest BCUT2D eigenvalue weighted by Gasteiger charge is 2.02. The first-order chi connectivity index (χ1) is 9.22. The summed E-state index contributed by atoms with van der Waals surface area (Å²) < 4.78 is 6.67. The molecule has 0 heterocycles. The van der Waals surface area contributed by atoms with Gasteiger partial charge in [-0.2, -0.15) is 5.26 Å². The van der Waals surface area contributed by atoms with E-state index in [1.165, 1.54) is 0 Å². The summed E-state index contributed by atoms with van der Waals surface area (Å²) >= 11 is 9.27. The van der Waals surface area contributed by atoms with Crippen molar-refractivity contribution in [1.82, 2.24) is 0 Å². The van der Waals surface area contributed by atoms with Crippen molar-refractivity contribution in [1.29, 1.82) is 5.26 Å². The van der Waals surface area contributed by atoms with Crippen LogP contribution in [0.25, 0.3) is 0 Å². The smallest absolute Gasteiger partial charge is 0.120 e. The first kappa shape index (κ1) is 13.9. The highest BCUT2D eigenvalue weighted by atomic mass is 79.9. The van der Waals surface area contributed by atoms with Gasteiger partial charge in [0.05, 0.1) is 11.6 Å². The molecule has 2 rings (SSSR count). The van der Waals surface area contributed by atoms with Crippen molar-refractivity contribution in [2.75, 3.05) is 0 Å². The Kier molecular flexibility index (Phi) is 4.84. The Morgan fingerprint density at radius 1 is 1.21 bits per heavy atom. The highest BCUT2D eigenvalue weighted by Crippen LogP contribution is 2.24. The molecule has 0 aliphatic carbocycles. The largest absolute Gasteiger partial charge is 0.489 e. The molecule has 0 bridgehead atoms. The molecule has 2 nitrogen and oxygen atoms in total. The summed E-state index contributed by atoms with van der Waals surface area (Å²) in [6, 6.07) is 15.2. The second kappa shape index (κ2) is 6.60. The van der Waals surface area contributed by atoms with Crippen LogP contribution in [0.5, 0.6) is 5.75 Å². The van der Waals surface area contributed by atoms with Crippen LogP contribution in [0.4, 0.5) is 0 Å². The third-order valence-corrected chi connectivity index (χ3v) is 3.68. The van der Waals surface area contributed by atoms with E-state index in [1.807, 2.05) is 36.4 Å². The summed E-state index contributed by atoms with van der Waals surface area (Å²) in [7, 11) is 0. The zero-order valence-corrected chi connectivity index (χ0v) is 12.4. The molecule has 0 fully saturated rings. The van der Waals surface area contributed by atoms with E-state index in [-0.39, 0.29) is 0 Å². The van der Waals surface area contributed by atoms with E-state index in [4.69, 9.17) is 21.6 Å². The van der Waals surface area contributed by atoms with Gasteiger partial charge < -0.3 is 4.74 Å².